The van der Waals surface area contributed by atoms with Crippen molar-refractivity contribution in [2.75, 3.05) is 0 Å². The second-order valence-electron chi connectivity index (χ2n) is 7.51. The Bertz CT molecular complexity index is 1040. The third-order valence-electron chi connectivity index (χ3n) is 5.85. The first kappa shape index (κ1) is 17.9. The van der Waals surface area contributed by atoms with Crippen molar-refractivity contribution in [3.63, 3.8) is 0 Å². The van der Waals surface area contributed by atoms with Crippen LogP contribution < -0.4 is 0 Å². The lowest BCUT2D eigenvalue weighted by Gasteiger charge is -2.13. The standard InChI is InChI=1S/C21H15F3N2O3/c22-21(23,24)14-3-1-2-11(9-14)16-7-6-15(29-16)10-25-26-19(27)17-12-4-5-13(8-12)18(17)20(26)28/h1-7,9-10,12-13,17-18H,8H2/b25-10-/t12-,13-,17+,18+/m0/s1. The van der Waals surface area contributed by atoms with Gasteiger partial charge in [0.05, 0.1) is 23.6 Å². The number of alkyl halides is 3. The average Bonchev–Trinajstić information content (AvgIpc) is 3.45. The van der Waals surface area contributed by atoms with Gasteiger partial charge < -0.3 is 4.42 Å². The number of carbonyl (C=O) groups is 2. The predicted molar refractivity (Wildman–Crippen MR) is 96.3 cm³/mol. The van der Waals surface area contributed by atoms with Gasteiger partial charge in [0.1, 0.15) is 11.5 Å². The number of amides is 2. The first-order chi connectivity index (χ1) is 13.8. The Hall–Kier alpha value is -3.16. The highest BCUT2D eigenvalue weighted by Crippen LogP contribution is 2.52. The molecule has 148 valence electrons. The summed E-state index contributed by atoms with van der Waals surface area (Å²) in [5, 5.41) is 4.90. The molecule has 2 aliphatic carbocycles. The summed E-state index contributed by atoms with van der Waals surface area (Å²) in [5.41, 5.74) is -0.505. The average molecular weight is 400 g/mol. The Morgan fingerprint density at radius 1 is 1.03 bits per heavy atom. The number of furan rings is 1. The molecule has 1 aliphatic heterocycles. The summed E-state index contributed by atoms with van der Waals surface area (Å²) in [5.74, 6) is -0.642. The lowest BCUT2D eigenvalue weighted by molar-refractivity contribution is -0.141. The van der Waals surface area contributed by atoms with Crippen molar-refractivity contribution in [1.82, 2.24) is 5.01 Å². The van der Waals surface area contributed by atoms with Crippen LogP contribution >= 0.6 is 0 Å². The smallest absolute Gasteiger partial charge is 0.416 e. The van der Waals surface area contributed by atoms with Crippen LogP contribution in [0.25, 0.3) is 11.3 Å². The Balaban J connectivity index is 1.35. The minimum absolute atomic E-state index is 0.0952. The molecule has 1 saturated heterocycles. The van der Waals surface area contributed by atoms with E-state index in [0.717, 1.165) is 23.6 Å². The van der Waals surface area contributed by atoms with Gasteiger partial charge in [-0.3, -0.25) is 9.59 Å². The number of hydrogen-bond donors (Lipinski definition) is 0. The van der Waals surface area contributed by atoms with Gasteiger partial charge in [0.25, 0.3) is 11.8 Å². The fraction of sp³-hybridized carbons (Fsp3) is 0.286. The number of imide groups is 1. The molecule has 2 fully saturated rings. The molecule has 8 heteroatoms. The largest absolute Gasteiger partial charge is 0.455 e. The summed E-state index contributed by atoms with van der Waals surface area (Å²) in [6.45, 7) is 0. The molecule has 4 atom stereocenters. The molecule has 5 rings (SSSR count). The Labute approximate surface area is 163 Å². The molecule has 1 aromatic heterocycles. The fourth-order valence-electron chi connectivity index (χ4n) is 4.54. The van der Waals surface area contributed by atoms with Gasteiger partial charge in [0.2, 0.25) is 0 Å². The number of allylic oxidation sites excluding steroid dienone is 2. The van der Waals surface area contributed by atoms with Crippen molar-refractivity contribution < 1.29 is 27.2 Å². The van der Waals surface area contributed by atoms with Gasteiger partial charge in [0, 0.05) is 5.56 Å². The van der Waals surface area contributed by atoms with Crippen molar-refractivity contribution in [2.45, 2.75) is 12.6 Å². The molecule has 0 spiro atoms. The van der Waals surface area contributed by atoms with E-state index in [4.69, 9.17) is 4.42 Å². The zero-order valence-corrected chi connectivity index (χ0v) is 15.0. The third-order valence-corrected chi connectivity index (χ3v) is 5.85. The Morgan fingerprint density at radius 2 is 1.72 bits per heavy atom. The molecule has 2 amide bonds. The molecule has 5 nitrogen and oxygen atoms in total. The van der Waals surface area contributed by atoms with Gasteiger partial charge >= 0.3 is 6.18 Å². The van der Waals surface area contributed by atoms with E-state index in [1.165, 1.54) is 30.5 Å². The highest BCUT2D eigenvalue weighted by molar-refractivity contribution is 6.06. The van der Waals surface area contributed by atoms with E-state index in [0.29, 0.717) is 0 Å². The first-order valence-electron chi connectivity index (χ1n) is 9.20. The monoisotopic (exact) mass is 400 g/mol. The molecule has 1 saturated carbocycles. The maximum atomic E-state index is 12.9. The van der Waals surface area contributed by atoms with E-state index in [1.54, 1.807) is 0 Å². The van der Waals surface area contributed by atoms with Crippen molar-refractivity contribution in [2.24, 2.45) is 28.8 Å². The number of fused-ring (bicyclic) bond motifs is 5. The van der Waals surface area contributed by atoms with Gasteiger partial charge in [-0.05, 0) is 42.5 Å². The molecular weight excluding hydrogens is 385 g/mol. The molecule has 0 radical (unpaired) electrons. The second kappa shape index (κ2) is 6.17. The van der Waals surface area contributed by atoms with E-state index >= 15 is 0 Å². The summed E-state index contributed by atoms with van der Waals surface area (Å²) in [6.07, 6.45) is 1.62. The summed E-state index contributed by atoms with van der Waals surface area (Å²) in [7, 11) is 0. The first-order valence-corrected chi connectivity index (χ1v) is 9.20. The SMILES string of the molecule is O=C1[C@H]2[C@H](C(=O)N1/N=C\c1ccc(-c3cccc(C(F)(F)F)c3)o1)[C@H]1C=C[C@H]2C1. The Kier molecular flexibility index (Phi) is 3.81. The topological polar surface area (TPSA) is 62.9 Å². The summed E-state index contributed by atoms with van der Waals surface area (Å²) >= 11 is 0. The molecule has 2 heterocycles. The number of nitrogens with zero attached hydrogens (tertiary/aromatic N) is 2. The maximum Gasteiger partial charge on any atom is 0.416 e. The quantitative estimate of drug-likeness (QED) is 0.443. The Morgan fingerprint density at radius 3 is 2.38 bits per heavy atom. The number of hydrazone groups is 1. The van der Waals surface area contributed by atoms with Crippen molar-refractivity contribution in [1.29, 1.82) is 0 Å². The lowest BCUT2D eigenvalue weighted by atomic mass is 9.85. The normalized spacial score (nSPS) is 28.2. The molecule has 3 aliphatic rings. The summed E-state index contributed by atoms with van der Waals surface area (Å²) in [6, 6.07) is 7.83. The molecule has 2 bridgehead atoms. The molecule has 29 heavy (non-hydrogen) atoms. The van der Waals surface area contributed by atoms with E-state index in [-0.39, 0.29) is 52.6 Å². The van der Waals surface area contributed by atoms with Crippen LogP contribution in [0.4, 0.5) is 13.2 Å². The van der Waals surface area contributed by atoms with Crippen LogP contribution in [0.1, 0.15) is 17.7 Å². The lowest BCUT2D eigenvalue weighted by Crippen LogP contribution is -2.28. The van der Waals surface area contributed by atoms with Gasteiger partial charge in [-0.25, -0.2) is 0 Å². The van der Waals surface area contributed by atoms with Crippen LogP contribution in [0.15, 0.2) is 58.1 Å². The maximum absolute atomic E-state index is 12.9. The van der Waals surface area contributed by atoms with E-state index in [1.807, 2.05) is 12.2 Å². The van der Waals surface area contributed by atoms with Crippen LogP contribution in [0.3, 0.4) is 0 Å². The molecule has 2 aromatic rings. The van der Waals surface area contributed by atoms with Gasteiger partial charge in [-0.2, -0.15) is 23.3 Å². The zero-order chi connectivity index (χ0) is 20.3. The predicted octanol–water partition coefficient (Wildman–Crippen LogP) is 4.11. The highest BCUT2D eigenvalue weighted by atomic mass is 19.4. The molecular formula is C21H15F3N2O3. The van der Waals surface area contributed by atoms with Gasteiger partial charge in [-0.1, -0.05) is 24.3 Å². The minimum Gasteiger partial charge on any atom is -0.455 e. The van der Waals surface area contributed by atoms with E-state index in [2.05, 4.69) is 5.10 Å². The number of rotatable bonds is 3. The number of carbonyl (C=O) groups excluding carboxylic acids is 2. The second-order valence-corrected chi connectivity index (χ2v) is 7.51. The summed E-state index contributed by atoms with van der Waals surface area (Å²) < 4.78 is 44.2. The zero-order valence-electron chi connectivity index (χ0n) is 15.0. The van der Waals surface area contributed by atoms with Crippen LogP contribution in [0, 0.1) is 23.7 Å². The fourth-order valence-corrected chi connectivity index (χ4v) is 4.54. The van der Waals surface area contributed by atoms with Crippen molar-refractivity contribution >= 4 is 18.0 Å². The van der Waals surface area contributed by atoms with Crippen LogP contribution in [0.2, 0.25) is 0 Å². The number of benzene rings is 1. The molecule has 0 N–H and O–H groups in total. The summed E-state index contributed by atoms with van der Waals surface area (Å²) in [4.78, 5) is 25.2. The van der Waals surface area contributed by atoms with E-state index in [9.17, 15) is 22.8 Å². The number of hydrogen-bond acceptors (Lipinski definition) is 4. The number of halogens is 3. The van der Waals surface area contributed by atoms with E-state index < -0.39 is 11.7 Å². The third kappa shape index (κ3) is 2.82. The van der Waals surface area contributed by atoms with Crippen LogP contribution in [-0.2, 0) is 15.8 Å². The molecule has 1 aromatic carbocycles. The minimum atomic E-state index is -4.45. The van der Waals surface area contributed by atoms with Gasteiger partial charge in [-0.15, -0.1) is 0 Å². The molecule has 0 unspecified atom stereocenters. The van der Waals surface area contributed by atoms with Crippen molar-refractivity contribution in [3.8, 4) is 11.3 Å². The highest BCUT2D eigenvalue weighted by Gasteiger charge is 2.59. The van der Waals surface area contributed by atoms with Crippen LogP contribution in [-0.4, -0.2) is 23.0 Å². The van der Waals surface area contributed by atoms with Crippen LogP contribution in [0.5, 0.6) is 0 Å². The van der Waals surface area contributed by atoms with Gasteiger partial charge in [0.15, 0.2) is 0 Å². The van der Waals surface area contributed by atoms with Crippen molar-refractivity contribution in [3.05, 3.63) is 59.9 Å².